The van der Waals surface area contributed by atoms with Crippen molar-refractivity contribution in [2.45, 2.75) is 31.8 Å². The summed E-state index contributed by atoms with van der Waals surface area (Å²) in [7, 11) is 1.66. The fourth-order valence-corrected chi connectivity index (χ4v) is 3.01. The van der Waals surface area contributed by atoms with Crippen molar-refractivity contribution >= 4 is 5.91 Å². The summed E-state index contributed by atoms with van der Waals surface area (Å²) in [6, 6.07) is 16.2. The smallest absolute Gasteiger partial charge is 0.238 e. The molecule has 0 bridgehead atoms. The lowest BCUT2D eigenvalue weighted by Crippen LogP contribution is -2.43. The first-order valence-electron chi connectivity index (χ1n) is 8.64. The van der Waals surface area contributed by atoms with Crippen molar-refractivity contribution in [1.29, 1.82) is 0 Å². The zero-order valence-corrected chi connectivity index (χ0v) is 14.7. The molecule has 1 aliphatic rings. The van der Waals surface area contributed by atoms with Gasteiger partial charge in [-0.25, -0.2) is 10.9 Å². The van der Waals surface area contributed by atoms with Crippen molar-refractivity contribution in [3.63, 3.8) is 0 Å². The summed E-state index contributed by atoms with van der Waals surface area (Å²) < 4.78 is 5.26. The van der Waals surface area contributed by atoms with Gasteiger partial charge in [-0.15, -0.1) is 0 Å². The van der Waals surface area contributed by atoms with Crippen molar-refractivity contribution in [1.82, 2.24) is 16.2 Å². The zero-order valence-electron chi connectivity index (χ0n) is 14.7. The van der Waals surface area contributed by atoms with Crippen LogP contribution in [-0.4, -0.2) is 25.6 Å². The van der Waals surface area contributed by atoms with Gasteiger partial charge in [0.05, 0.1) is 7.11 Å². The van der Waals surface area contributed by atoms with Crippen LogP contribution in [0.25, 0.3) is 0 Å². The second-order valence-corrected chi connectivity index (χ2v) is 6.43. The molecule has 2 aromatic carbocycles. The average Bonchev–Trinajstić information content (AvgIpc) is 3.14. The summed E-state index contributed by atoms with van der Waals surface area (Å²) in [6.45, 7) is 2.72. The summed E-state index contributed by atoms with van der Waals surface area (Å²) in [6.07, 6.45) is 1.55. The van der Waals surface area contributed by atoms with Crippen molar-refractivity contribution < 1.29 is 9.53 Å². The van der Waals surface area contributed by atoms with Crippen LogP contribution >= 0.6 is 0 Å². The highest BCUT2D eigenvalue weighted by molar-refractivity contribution is 5.82. The van der Waals surface area contributed by atoms with Crippen molar-refractivity contribution in [2.75, 3.05) is 13.7 Å². The molecule has 0 aliphatic carbocycles. The number of benzene rings is 2. The van der Waals surface area contributed by atoms with E-state index in [1.54, 1.807) is 7.11 Å². The highest BCUT2D eigenvalue weighted by atomic mass is 16.5. The van der Waals surface area contributed by atoms with Gasteiger partial charge in [0.1, 0.15) is 11.8 Å². The topological polar surface area (TPSA) is 62.4 Å². The highest BCUT2D eigenvalue weighted by Crippen LogP contribution is 2.25. The number of ether oxygens (including phenoxy) is 1. The average molecular weight is 339 g/mol. The molecule has 1 aliphatic heterocycles. The monoisotopic (exact) mass is 339 g/mol. The van der Waals surface area contributed by atoms with E-state index in [1.807, 2.05) is 24.3 Å². The van der Waals surface area contributed by atoms with E-state index in [1.165, 1.54) is 11.1 Å². The van der Waals surface area contributed by atoms with Gasteiger partial charge in [-0.05, 0) is 43.0 Å². The predicted molar refractivity (Wildman–Crippen MR) is 98.3 cm³/mol. The van der Waals surface area contributed by atoms with Gasteiger partial charge in [0.15, 0.2) is 0 Å². The molecule has 25 heavy (non-hydrogen) atoms. The number of aryl methyl sites for hydroxylation is 1. The van der Waals surface area contributed by atoms with Crippen molar-refractivity contribution in [3.05, 3.63) is 65.2 Å². The van der Waals surface area contributed by atoms with Gasteiger partial charge in [-0.1, -0.05) is 42.0 Å². The number of carbonyl (C=O) groups is 1. The van der Waals surface area contributed by atoms with E-state index in [4.69, 9.17) is 4.74 Å². The number of rotatable bonds is 6. The van der Waals surface area contributed by atoms with Gasteiger partial charge in [0.25, 0.3) is 0 Å². The maximum absolute atomic E-state index is 12.4. The first-order valence-corrected chi connectivity index (χ1v) is 8.64. The van der Waals surface area contributed by atoms with Gasteiger partial charge < -0.3 is 10.1 Å². The molecule has 5 heteroatoms. The molecule has 1 heterocycles. The number of hydrogen-bond donors (Lipinski definition) is 3. The summed E-state index contributed by atoms with van der Waals surface area (Å²) in [5.41, 5.74) is 9.89. The molecule has 0 saturated carbocycles. The lowest BCUT2D eigenvalue weighted by molar-refractivity contribution is -0.122. The van der Waals surface area contributed by atoms with E-state index in [2.05, 4.69) is 47.4 Å². The Kier molecular flexibility index (Phi) is 5.68. The van der Waals surface area contributed by atoms with Crippen LogP contribution in [0.4, 0.5) is 0 Å². The Morgan fingerprint density at radius 2 is 2.00 bits per heavy atom. The van der Waals surface area contributed by atoms with Gasteiger partial charge in [-0.3, -0.25) is 4.79 Å². The van der Waals surface area contributed by atoms with Crippen LogP contribution in [0.15, 0.2) is 48.5 Å². The first kappa shape index (κ1) is 17.5. The van der Waals surface area contributed by atoms with E-state index >= 15 is 0 Å². The number of hydrazine groups is 1. The molecule has 0 spiro atoms. The standard InChI is InChI=1S/C20H25N3O2/c1-14-6-8-15(9-7-14)10-11-21-20(24)19-13-18(22-23-19)16-4-3-5-17(12-16)25-2/h3-9,12,18-19,22-23H,10-11,13H2,1-2H3,(H,21,24). The molecule has 1 saturated heterocycles. The van der Waals surface area contributed by atoms with Crippen molar-refractivity contribution in [2.24, 2.45) is 0 Å². The minimum absolute atomic E-state index is 0.0324. The van der Waals surface area contributed by atoms with E-state index in [0.717, 1.165) is 17.7 Å². The molecule has 1 amide bonds. The maximum atomic E-state index is 12.4. The summed E-state index contributed by atoms with van der Waals surface area (Å²) >= 11 is 0. The Balaban J connectivity index is 1.48. The van der Waals surface area contributed by atoms with Crippen LogP contribution < -0.4 is 20.9 Å². The molecule has 0 radical (unpaired) electrons. The molecule has 3 N–H and O–H groups in total. The second kappa shape index (κ2) is 8.14. The number of amides is 1. The third kappa shape index (κ3) is 4.59. The molecule has 2 atom stereocenters. The molecule has 0 aromatic heterocycles. The van der Waals surface area contributed by atoms with Gasteiger partial charge in [0.2, 0.25) is 5.91 Å². The molecule has 1 fully saturated rings. The van der Waals surface area contributed by atoms with Crippen LogP contribution in [0.5, 0.6) is 5.75 Å². The van der Waals surface area contributed by atoms with Crippen LogP contribution in [0.2, 0.25) is 0 Å². The number of methoxy groups -OCH3 is 1. The minimum Gasteiger partial charge on any atom is -0.497 e. The molecular formula is C20H25N3O2. The van der Waals surface area contributed by atoms with E-state index in [-0.39, 0.29) is 18.0 Å². The molecule has 2 aromatic rings. The normalized spacial score (nSPS) is 19.6. The lowest BCUT2D eigenvalue weighted by atomic mass is 10.0. The molecular weight excluding hydrogens is 314 g/mol. The van der Waals surface area contributed by atoms with Crippen LogP contribution in [0.3, 0.4) is 0 Å². The molecule has 132 valence electrons. The number of carbonyl (C=O) groups excluding carboxylic acids is 1. The Bertz CT molecular complexity index is 715. The Labute approximate surface area is 148 Å². The van der Waals surface area contributed by atoms with Crippen LogP contribution in [0.1, 0.15) is 29.2 Å². The molecule has 3 rings (SSSR count). The predicted octanol–water partition coefficient (Wildman–Crippen LogP) is 2.27. The minimum atomic E-state index is -0.228. The third-order valence-corrected chi connectivity index (χ3v) is 4.55. The van der Waals surface area contributed by atoms with E-state index < -0.39 is 0 Å². The SMILES string of the molecule is COc1cccc(C2CC(C(=O)NCCc3ccc(C)cc3)NN2)c1. The van der Waals surface area contributed by atoms with Crippen LogP contribution in [-0.2, 0) is 11.2 Å². The summed E-state index contributed by atoms with van der Waals surface area (Å²) in [4.78, 5) is 12.4. The molecule has 5 nitrogen and oxygen atoms in total. The lowest BCUT2D eigenvalue weighted by Gasteiger charge is -2.11. The van der Waals surface area contributed by atoms with E-state index in [9.17, 15) is 4.79 Å². The van der Waals surface area contributed by atoms with E-state index in [0.29, 0.717) is 13.0 Å². The molecule has 2 unspecified atom stereocenters. The van der Waals surface area contributed by atoms with Gasteiger partial charge in [-0.2, -0.15) is 0 Å². The number of hydrogen-bond acceptors (Lipinski definition) is 4. The largest absolute Gasteiger partial charge is 0.497 e. The quantitative estimate of drug-likeness (QED) is 0.755. The Hall–Kier alpha value is -2.37. The fraction of sp³-hybridized carbons (Fsp3) is 0.350. The summed E-state index contributed by atoms with van der Waals surface area (Å²) in [5.74, 6) is 0.857. The maximum Gasteiger partial charge on any atom is 0.238 e. The van der Waals surface area contributed by atoms with Gasteiger partial charge >= 0.3 is 0 Å². The van der Waals surface area contributed by atoms with Crippen molar-refractivity contribution in [3.8, 4) is 5.75 Å². The Morgan fingerprint density at radius 1 is 1.20 bits per heavy atom. The number of nitrogens with one attached hydrogen (secondary N) is 3. The third-order valence-electron chi connectivity index (χ3n) is 4.55. The van der Waals surface area contributed by atoms with Crippen LogP contribution in [0, 0.1) is 6.92 Å². The van der Waals surface area contributed by atoms with Gasteiger partial charge in [0, 0.05) is 12.6 Å². The summed E-state index contributed by atoms with van der Waals surface area (Å²) in [5, 5.41) is 3.02. The zero-order chi connectivity index (χ0) is 17.6. The second-order valence-electron chi connectivity index (χ2n) is 6.43. The Morgan fingerprint density at radius 3 is 2.76 bits per heavy atom. The fourth-order valence-electron chi connectivity index (χ4n) is 3.01. The first-order chi connectivity index (χ1) is 12.2. The highest BCUT2D eigenvalue weighted by Gasteiger charge is 2.29.